The normalized spacial score (nSPS) is 29.4. The second-order valence-electron chi connectivity index (χ2n) is 16.1. The fourth-order valence-electron chi connectivity index (χ4n) is 8.74. The number of halogens is 3. The number of ether oxygens (including phenoxy) is 1. The Labute approximate surface area is 295 Å². The third-order valence-electron chi connectivity index (χ3n) is 11.7. The largest absolute Gasteiger partial charge is 0.381 e. The summed E-state index contributed by atoms with van der Waals surface area (Å²) in [4.78, 5) is 53.7. The molecule has 0 bridgehead atoms. The van der Waals surface area contributed by atoms with E-state index in [0.717, 1.165) is 38.0 Å². The molecule has 0 N–H and O–H groups in total. The number of likely N-dealkylation sites (tertiary alicyclic amines) is 2. The van der Waals surface area contributed by atoms with Gasteiger partial charge in [0.2, 0.25) is 23.6 Å². The molecule has 3 amide bonds. The zero-order valence-corrected chi connectivity index (χ0v) is 30.3. The number of carbonyl (C=O) groups excluding carboxylic acids is 3. The molecular weight excluding hydrogens is 652 g/mol. The highest BCUT2D eigenvalue weighted by atomic mass is 35.5. The van der Waals surface area contributed by atoms with Crippen molar-refractivity contribution in [1.29, 1.82) is 0 Å². The van der Waals surface area contributed by atoms with Crippen LogP contribution in [0.5, 0.6) is 0 Å². The number of likely N-dealkylation sites (N-methyl/N-ethyl adjacent to an activating group) is 1. The van der Waals surface area contributed by atoms with Crippen molar-refractivity contribution in [1.82, 2.24) is 24.5 Å². The highest BCUT2D eigenvalue weighted by Gasteiger charge is 2.52. The number of hydrogen-bond donors (Lipinski definition) is 0. The Kier molecular flexibility index (Phi) is 10.9. The summed E-state index contributed by atoms with van der Waals surface area (Å²) in [5.41, 5.74) is 0.298. The van der Waals surface area contributed by atoms with Gasteiger partial charge in [0.1, 0.15) is 6.04 Å². The molecule has 4 aliphatic heterocycles. The number of benzene rings is 1. The number of amides is 3. The molecule has 5 aliphatic rings. The predicted octanol–water partition coefficient (Wildman–Crippen LogP) is 4.73. The van der Waals surface area contributed by atoms with Crippen LogP contribution in [0.3, 0.4) is 0 Å². The van der Waals surface area contributed by atoms with Gasteiger partial charge >= 0.3 is 0 Å². The molecule has 0 radical (unpaired) electrons. The molecule has 4 heterocycles. The van der Waals surface area contributed by atoms with E-state index in [1.54, 1.807) is 4.90 Å². The van der Waals surface area contributed by atoms with Gasteiger partial charge in [-0.1, -0.05) is 44.5 Å². The minimum Gasteiger partial charge on any atom is -0.381 e. The number of hydrogen-bond acceptors (Lipinski definition) is 6. The van der Waals surface area contributed by atoms with Gasteiger partial charge in [0.25, 0.3) is 0 Å². The molecule has 1 saturated carbocycles. The van der Waals surface area contributed by atoms with Crippen LogP contribution in [-0.2, 0) is 19.1 Å². The summed E-state index contributed by atoms with van der Waals surface area (Å²) in [6.07, 6.45) is 2.02. The highest BCUT2D eigenvalue weighted by molar-refractivity contribution is 6.30. The summed E-state index contributed by atoms with van der Waals surface area (Å²) in [7, 11) is 2.04. The monoisotopic (exact) mass is 705 g/mol. The van der Waals surface area contributed by atoms with E-state index in [2.05, 4.69) is 9.80 Å². The molecule has 6 rings (SSSR count). The lowest BCUT2D eigenvalue weighted by atomic mass is 9.86. The fourth-order valence-corrected chi connectivity index (χ4v) is 8.87. The number of rotatable bonds is 6. The van der Waals surface area contributed by atoms with Crippen LogP contribution < -0.4 is 0 Å². The Hall–Kier alpha value is -2.34. The van der Waals surface area contributed by atoms with Crippen molar-refractivity contribution >= 4 is 29.3 Å². The van der Waals surface area contributed by atoms with Crippen molar-refractivity contribution < 1.29 is 27.9 Å². The van der Waals surface area contributed by atoms with Crippen molar-refractivity contribution in [3.05, 3.63) is 34.9 Å². The van der Waals surface area contributed by atoms with E-state index < -0.39 is 23.4 Å². The Balaban J connectivity index is 1.32. The van der Waals surface area contributed by atoms with Gasteiger partial charge in [-0.2, -0.15) is 0 Å². The van der Waals surface area contributed by atoms with E-state index in [9.17, 15) is 18.4 Å². The first kappa shape index (κ1) is 36.5. The van der Waals surface area contributed by atoms with Crippen LogP contribution in [0.25, 0.3) is 0 Å². The van der Waals surface area contributed by atoms with E-state index in [1.165, 1.54) is 0 Å². The van der Waals surface area contributed by atoms with E-state index in [4.69, 9.17) is 16.3 Å². The smallest absolute Gasteiger partial charge is 0.248 e. The molecule has 1 aromatic rings. The molecule has 9 nitrogen and oxygen atoms in total. The van der Waals surface area contributed by atoms with Crippen LogP contribution in [-0.4, -0.2) is 138 Å². The topological polar surface area (TPSA) is 76.6 Å². The van der Waals surface area contributed by atoms with Gasteiger partial charge in [-0.15, -0.1) is 0 Å². The van der Waals surface area contributed by atoms with Crippen LogP contribution in [0.15, 0.2) is 24.3 Å². The molecule has 49 heavy (non-hydrogen) atoms. The third kappa shape index (κ3) is 8.10. The molecule has 4 saturated heterocycles. The first-order chi connectivity index (χ1) is 23.2. The average Bonchev–Trinajstić information content (AvgIpc) is 3.72. The quantitative estimate of drug-likeness (QED) is 0.426. The minimum atomic E-state index is -2.74. The number of piperazine rings is 1. The van der Waals surface area contributed by atoms with E-state index >= 15 is 4.79 Å². The fraction of sp³-hybridized carbons (Fsp3) is 0.757. The number of alkyl halides is 2. The minimum absolute atomic E-state index is 0.0668. The zero-order valence-electron chi connectivity index (χ0n) is 29.6. The molecule has 0 spiro atoms. The SMILES string of the molecule is CN1CCN(C(=O)[C@@H]2C[C@H](N(C(=O)C(C)(C)C)C3CCC(F)(F)CC3)CN2C(=O)[C@H]2CN(C3CCOCC3)C[C@H]2c2ccc(Cl)cc2)CC1. The van der Waals surface area contributed by atoms with Crippen molar-refractivity contribution in [2.75, 3.05) is 66.1 Å². The lowest BCUT2D eigenvalue weighted by Crippen LogP contribution is -2.54. The number of nitrogens with zero attached hydrogens (tertiary/aromatic N) is 5. The summed E-state index contributed by atoms with van der Waals surface area (Å²) < 4.78 is 34.3. The van der Waals surface area contributed by atoms with Crippen LogP contribution in [0, 0.1) is 11.3 Å². The molecule has 1 aliphatic carbocycles. The van der Waals surface area contributed by atoms with Crippen LogP contribution in [0.1, 0.15) is 77.2 Å². The molecule has 0 aromatic heterocycles. The van der Waals surface area contributed by atoms with E-state index in [0.29, 0.717) is 50.3 Å². The van der Waals surface area contributed by atoms with Gasteiger partial charge in [0, 0.05) is 100 Å². The highest BCUT2D eigenvalue weighted by Crippen LogP contribution is 2.42. The van der Waals surface area contributed by atoms with Gasteiger partial charge in [-0.05, 0) is 56.8 Å². The van der Waals surface area contributed by atoms with Crippen molar-refractivity contribution in [2.45, 2.75) is 102 Å². The van der Waals surface area contributed by atoms with Crippen molar-refractivity contribution in [3.8, 4) is 0 Å². The maximum atomic E-state index is 15.0. The third-order valence-corrected chi connectivity index (χ3v) is 11.9. The summed E-state index contributed by atoms with van der Waals surface area (Å²) in [5, 5.41) is 0.634. The summed E-state index contributed by atoms with van der Waals surface area (Å²) in [6.45, 7) is 11.1. The first-order valence-corrected chi connectivity index (χ1v) is 18.7. The maximum Gasteiger partial charge on any atom is 0.248 e. The van der Waals surface area contributed by atoms with Crippen molar-refractivity contribution in [3.63, 3.8) is 0 Å². The predicted molar refractivity (Wildman–Crippen MR) is 185 cm³/mol. The molecule has 12 heteroatoms. The first-order valence-electron chi connectivity index (χ1n) is 18.3. The maximum absolute atomic E-state index is 15.0. The number of carbonyl (C=O) groups is 3. The van der Waals surface area contributed by atoms with Crippen LogP contribution in [0.4, 0.5) is 8.78 Å². The molecule has 1 aromatic carbocycles. The average molecular weight is 706 g/mol. The van der Waals surface area contributed by atoms with Gasteiger partial charge < -0.3 is 24.3 Å². The molecule has 5 fully saturated rings. The van der Waals surface area contributed by atoms with E-state index in [-0.39, 0.29) is 67.8 Å². The Morgan fingerprint density at radius 3 is 2.12 bits per heavy atom. The van der Waals surface area contributed by atoms with Gasteiger partial charge in [0.15, 0.2) is 0 Å². The summed E-state index contributed by atoms with van der Waals surface area (Å²) >= 11 is 6.27. The van der Waals surface area contributed by atoms with Crippen molar-refractivity contribution in [2.24, 2.45) is 11.3 Å². The molecule has 0 unspecified atom stereocenters. The van der Waals surface area contributed by atoms with Gasteiger partial charge in [-0.25, -0.2) is 8.78 Å². The van der Waals surface area contributed by atoms with Crippen LogP contribution >= 0.6 is 11.6 Å². The lowest BCUT2D eigenvalue weighted by molar-refractivity contribution is -0.149. The standard InChI is InChI=1S/C37H54ClF2N5O4/c1-36(2,3)35(48)45(28-9-13-37(39,40)14-10-28)29-21-32(34(47)42-17-15-41(4)16-18-42)44(22-29)33(46)31-24-43(27-11-19-49-20-12-27)23-30(31)25-5-7-26(38)8-6-25/h5-8,27-32H,9-24H2,1-4H3/t29-,30-,31-,32-/m0/s1. The molecule has 4 atom stereocenters. The Bertz CT molecular complexity index is 1330. The van der Waals surface area contributed by atoms with Gasteiger partial charge in [0.05, 0.1) is 12.0 Å². The molecular formula is C37H54ClF2N5O4. The van der Waals surface area contributed by atoms with Gasteiger partial charge in [-0.3, -0.25) is 19.3 Å². The summed E-state index contributed by atoms with van der Waals surface area (Å²) in [6, 6.07) is 6.55. The second-order valence-corrected chi connectivity index (χ2v) is 16.6. The Morgan fingerprint density at radius 2 is 1.51 bits per heavy atom. The second kappa shape index (κ2) is 14.7. The zero-order chi connectivity index (χ0) is 35.1. The summed E-state index contributed by atoms with van der Waals surface area (Å²) in [5.74, 6) is -3.46. The lowest BCUT2D eigenvalue weighted by Gasteiger charge is -2.43. The Morgan fingerprint density at radius 1 is 0.878 bits per heavy atom. The van der Waals surface area contributed by atoms with Crippen LogP contribution in [0.2, 0.25) is 5.02 Å². The van der Waals surface area contributed by atoms with E-state index in [1.807, 2.05) is 61.9 Å². The molecule has 272 valence electrons.